The average molecular weight is 372 g/mol. The number of anilines is 1. The Morgan fingerprint density at radius 1 is 1.15 bits per heavy atom. The molecular formula is C19H28N6O2. The van der Waals surface area contributed by atoms with E-state index in [2.05, 4.69) is 38.8 Å². The molecule has 1 aliphatic heterocycles. The zero-order valence-corrected chi connectivity index (χ0v) is 16.4. The third kappa shape index (κ3) is 4.63. The van der Waals surface area contributed by atoms with Crippen LogP contribution in [0.3, 0.4) is 0 Å². The van der Waals surface area contributed by atoms with Crippen molar-refractivity contribution in [2.75, 3.05) is 44.2 Å². The van der Waals surface area contributed by atoms with Crippen LogP contribution in [0.15, 0.2) is 22.9 Å². The molecule has 1 fully saturated rings. The van der Waals surface area contributed by atoms with E-state index >= 15 is 0 Å². The molecule has 0 spiro atoms. The summed E-state index contributed by atoms with van der Waals surface area (Å²) in [6.07, 6.45) is 2.43. The number of amides is 1. The Morgan fingerprint density at radius 3 is 2.44 bits per heavy atom. The first-order valence-electron chi connectivity index (χ1n) is 9.68. The SMILES string of the molecule is CCc1nc(CN2CCN(C(=O)c3ccc(N(CC)CC)nc3)CC2)no1. The first kappa shape index (κ1) is 19.3. The summed E-state index contributed by atoms with van der Waals surface area (Å²) in [7, 11) is 0. The molecule has 0 bridgehead atoms. The lowest BCUT2D eigenvalue weighted by atomic mass is 10.2. The Kier molecular flexibility index (Phi) is 6.39. The fourth-order valence-electron chi connectivity index (χ4n) is 3.24. The Hall–Kier alpha value is -2.48. The fraction of sp³-hybridized carbons (Fsp3) is 0.579. The second-order valence-corrected chi connectivity index (χ2v) is 6.60. The molecule has 1 saturated heterocycles. The van der Waals surface area contributed by atoms with Gasteiger partial charge in [0.25, 0.3) is 5.91 Å². The molecule has 8 heteroatoms. The summed E-state index contributed by atoms with van der Waals surface area (Å²) in [6, 6.07) is 3.80. The lowest BCUT2D eigenvalue weighted by Crippen LogP contribution is -2.48. The van der Waals surface area contributed by atoms with Gasteiger partial charge in [0.1, 0.15) is 5.82 Å². The van der Waals surface area contributed by atoms with Crippen LogP contribution in [0.5, 0.6) is 0 Å². The van der Waals surface area contributed by atoms with E-state index in [-0.39, 0.29) is 5.91 Å². The van der Waals surface area contributed by atoms with Crippen LogP contribution in [0.4, 0.5) is 5.82 Å². The van der Waals surface area contributed by atoms with Crippen LogP contribution in [0.25, 0.3) is 0 Å². The first-order valence-corrected chi connectivity index (χ1v) is 9.68. The van der Waals surface area contributed by atoms with Crippen molar-refractivity contribution in [3.63, 3.8) is 0 Å². The highest BCUT2D eigenvalue weighted by Crippen LogP contribution is 2.14. The Bertz CT molecular complexity index is 733. The molecule has 1 amide bonds. The minimum absolute atomic E-state index is 0.0427. The summed E-state index contributed by atoms with van der Waals surface area (Å²) >= 11 is 0. The van der Waals surface area contributed by atoms with Gasteiger partial charge in [0.2, 0.25) is 5.89 Å². The van der Waals surface area contributed by atoms with Crippen molar-refractivity contribution < 1.29 is 9.32 Å². The second-order valence-electron chi connectivity index (χ2n) is 6.60. The lowest BCUT2D eigenvalue weighted by Gasteiger charge is -2.34. The van der Waals surface area contributed by atoms with Crippen molar-refractivity contribution in [2.45, 2.75) is 33.7 Å². The molecule has 0 aromatic carbocycles. The van der Waals surface area contributed by atoms with E-state index in [9.17, 15) is 4.79 Å². The molecule has 0 atom stereocenters. The highest BCUT2D eigenvalue weighted by Gasteiger charge is 2.23. The van der Waals surface area contributed by atoms with E-state index < -0.39 is 0 Å². The molecule has 0 radical (unpaired) electrons. The van der Waals surface area contributed by atoms with Gasteiger partial charge in [-0.1, -0.05) is 12.1 Å². The average Bonchev–Trinajstić information content (AvgIpc) is 3.17. The molecular weight excluding hydrogens is 344 g/mol. The van der Waals surface area contributed by atoms with Gasteiger partial charge < -0.3 is 14.3 Å². The number of nitrogens with zero attached hydrogens (tertiary/aromatic N) is 6. The molecule has 0 unspecified atom stereocenters. The quantitative estimate of drug-likeness (QED) is 0.734. The lowest BCUT2D eigenvalue weighted by molar-refractivity contribution is 0.0624. The van der Waals surface area contributed by atoms with Gasteiger partial charge in [-0.25, -0.2) is 4.98 Å². The predicted molar refractivity (Wildman–Crippen MR) is 103 cm³/mol. The van der Waals surface area contributed by atoms with Crippen molar-refractivity contribution in [3.05, 3.63) is 35.6 Å². The summed E-state index contributed by atoms with van der Waals surface area (Å²) in [5.74, 6) is 2.33. The van der Waals surface area contributed by atoms with Crippen molar-refractivity contribution in [3.8, 4) is 0 Å². The minimum atomic E-state index is 0.0427. The molecule has 3 rings (SSSR count). The van der Waals surface area contributed by atoms with Crippen LogP contribution in [0, 0.1) is 0 Å². The van der Waals surface area contributed by atoms with Crippen LogP contribution in [0.1, 0.15) is 42.8 Å². The summed E-state index contributed by atoms with van der Waals surface area (Å²) in [5.41, 5.74) is 0.644. The highest BCUT2D eigenvalue weighted by atomic mass is 16.5. The number of aromatic nitrogens is 3. The molecule has 3 heterocycles. The smallest absolute Gasteiger partial charge is 0.255 e. The summed E-state index contributed by atoms with van der Waals surface area (Å²) in [6.45, 7) is 11.6. The van der Waals surface area contributed by atoms with E-state index in [1.54, 1.807) is 6.20 Å². The number of aryl methyl sites for hydroxylation is 1. The topological polar surface area (TPSA) is 78.6 Å². The molecule has 8 nitrogen and oxygen atoms in total. The van der Waals surface area contributed by atoms with Gasteiger partial charge in [-0.15, -0.1) is 0 Å². The standard InChI is InChI=1S/C19H28N6O2/c1-4-18-21-16(22-27-18)14-23-9-11-25(12-10-23)19(26)15-7-8-17(20-13-15)24(5-2)6-3/h7-8,13H,4-6,9-12,14H2,1-3H3. The molecule has 2 aromatic rings. The van der Waals surface area contributed by atoms with Gasteiger partial charge >= 0.3 is 0 Å². The van der Waals surface area contributed by atoms with E-state index in [1.165, 1.54) is 0 Å². The van der Waals surface area contributed by atoms with Gasteiger partial charge in [0.05, 0.1) is 12.1 Å². The Morgan fingerprint density at radius 2 is 1.89 bits per heavy atom. The number of piperazine rings is 1. The molecule has 1 aliphatic rings. The first-order chi connectivity index (χ1) is 13.1. The maximum atomic E-state index is 12.7. The van der Waals surface area contributed by atoms with Crippen LogP contribution < -0.4 is 4.90 Å². The number of rotatable bonds is 7. The third-order valence-corrected chi connectivity index (χ3v) is 4.92. The van der Waals surface area contributed by atoms with E-state index in [0.29, 0.717) is 36.9 Å². The third-order valence-electron chi connectivity index (χ3n) is 4.92. The normalized spacial score (nSPS) is 15.1. The molecule has 146 valence electrons. The van der Waals surface area contributed by atoms with Crippen LogP contribution in [0.2, 0.25) is 0 Å². The largest absolute Gasteiger partial charge is 0.357 e. The van der Waals surface area contributed by atoms with E-state index in [0.717, 1.165) is 38.4 Å². The van der Waals surface area contributed by atoms with Gasteiger partial charge in [-0.05, 0) is 26.0 Å². The fourth-order valence-corrected chi connectivity index (χ4v) is 3.24. The van der Waals surface area contributed by atoms with Crippen LogP contribution in [-0.2, 0) is 13.0 Å². The van der Waals surface area contributed by atoms with Crippen LogP contribution in [-0.4, -0.2) is 70.1 Å². The number of pyridine rings is 1. The van der Waals surface area contributed by atoms with E-state index in [4.69, 9.17) is 4.52 Å². The summed E-state index contributed by atoms with van der Waals surface area (Å²) < 4.78 is 5.15. The van der Waals surface area contributed by atoms with Gasteiger partial charge in [0.15, 0.2) is 5.82 Å². The molecule has 2 aromatic heterocycles. The van der Waals surface area contributed by atoms with Crippen molar-refractivity contribution in [2.24, 2.45) is 0 Å². The van der Waals surface area contributed by atoms with Crippen molar-refractivity contribution in [1.82, 2.24) is 24.9 Å². The molecule has 27 heavy (non-hydrogen) atoms. The number of carbonyl (C=O) groups is 1. The Balaban J connectivity index is 1.53. The van der Waals surface area contributed by atoms with Gasteiger partial charge in [0, 0.05) is 51.9 Å². The zero-order chi connectivity index (χ0) is 19.2. The zero-order valence-electron chi connectivity index (χ0n) is 16.4. The molecule has 0 N–H and O–H groups in total. The maximum absolute atomic E-state index is 12.7. The second kappa shape index (κ2) is 8.94. The van der Waals surface area contributed by atoms with Gasteiger partial charge in [-0.3, -0.25) is 9.69 Å². The van der Waals surface area contributed by atoms with Crippen LogP contribution >= 0.6 is 0 Å². The molecule has 0 aliphatic carbocycles. The minimum Gasteiger partial charge on any atom is -0.357 e. The predicted octanol–water partition coefficient (Wildman–Crippen LogP) is 1.83. The van der Waals surface area contributed by atoms with Crippen molar-refractivity contribution in [1.29, 1.82) is 0 Å². The van der Waals surface area contributed by atoms with E-state index in [1.807, 2.05) is 24.0 Å². The monoisotopic (exact) mass is 372 g/mol. The Labute approximate surface area is 160 Å². The molecule has 0 saturated carbocycles. The maximum Gasteiger partial charge on any atom is 0.255 e. The highest BCUT2D eigenvalue weighted by molar-refractivity contribution is 5.94. The van der Waals surface area contributed by atoms with Crippen molar-refractivity contribution >= 4 is 11.7 Å². The number of carbonyl (C=O) groups excluding carboxylic acids is 1. The summed E-state index contributed by atoms with van der Waals surface area (Å²) in [5, 5.41) is 4.00. The number of hydrogen-bond acceptors (Lipinski definition) is 7. The van der Waals surface area contributed by atoms with Gasteiger partial charge in [-0.2, -0.15) is 4.98 Å². The number of hydrogen-bond donors (Lipinski definition) is 0. The summed E-state index contributed by atoms with van der Waals surface area (Å²) in [4.78, 5) is 27.8.